The van der Waals surface area contributed by atoms with Crippen LogP contribution >= 0.6 is 0 Å². The number of hydrogen-bond donors (Lipinski definition) is 0. The summed E-state index contributed by atoms with van der Waals surface area (Å²) in [4.78, 5) is 11.0. The lowest BCUT2D eigenvalue weighted by Gasteiger charge is -2.05. The Kier molecular flexibility index (Phi) is 1.67. The van der Waals surface area contributed by atoms with Gasteiger partial charge in [-0.25, -0.2) is 0 Å². The van der Waals surface area contributed by atoms with Gasteiger partial charge in [0.15, 0.2) is 0 Å². The van der Waals surface area contributed by atoms with Gasteiger partial charge >= 0.3 is 0 Å². The molecule has 1 aromatic rings. The third-order valence-electron chi connectivity index (χ3n) is 2.41. The van der Waals surface area contributed by atoms with Crippen molar-refractivity contribution in [2.24, 2.45) is 7.05 Å². The molecule has 1 unspecified atom stereocenters. The van der Waals surface area contributed by atoms with Crippen LogP contribution < -0.4 is 0 Å². The van der Waals surface area contributed by atoms with Gasteiger partial charge in [-0.3, -0.25) is 9.48 Å². The topological polar surface area (TPSA) is 47.8 Å². The Bertz CT molecular complexity index is 305. The van der Waals surface area contributed by atoms with Crippen molar-refractivity contribution < 1.29 is 4.79 Å². The van der Waals surface area contributed by atoms with Crippen LogP contribution in [0.3, 0.4) is 0 Å². The van der Waals surface area contributed by atoms with Gasteiger partial charge in [0.25, 0.3) is 0 Å². The van der Waals surface area contributed by atoms with E-state index < -0.39 is 0 Å². The average molecular weight is 165 g/mol. The maximum absolute atomic E-state index is 11.0. The second-order valence-electron chi connectivity index (χ2n) is 3.26. The fourth-order valence-electron chi connectivity index (χ4n) is 1.73. The molecule has 12 heavy (non-hydrogen) atoms. The molecule has 0 radical (unpaired) electrons. The summed E-state index contributed by atoms with van der Waals surface area (Å²) in [5, 5.41) is 7.63. The van der Waals surface area contributed by atoms with Crippen molar-refractivity contribution in [1.29, 1.82) is 0 Å². The quantitative estimate of drug-likeness (QED) is 0.614. The summed E-state index contributed by atoms with van der Waals surface area (Å²) in [5.41, 5.74) is 1.08. The fourth-order valence-corrected chi connectivity index (χ4v) is 1.73. The van der Waals surface area contributed by atoms with Crippen molar-refractivity contribution >= 4 is 5.78 Å². The molecule has 0 bridgehead atoms. The third-order valence-corrected chi connectivity index (χ3v) is 2.41. The first-order valence-corrected chi connectivity index (χ1v) is 4.13. The first kappa shape index (κ1) is 7.46. The number of hydrogen-bond acceptors (Lipinski definition) is 3. The third kappa shape index (κ3) is 1.13. The summed E-state index contributed by atoms with van der Waals surface area (Å²) < 4.78 is 1.75. The Morgan fingerprint density at radius 3 is 3.00 bits per heavy atom. The summed E-state index contributed by atoms with van der Waals surface area (Å²) >= 11 is 0. The molecule has 1 aliphatic rings. The molecular weight excluding hydrogens is 154 g/mol. The predicted octanol–water partition coefficient (Wildman–Crippen LogP) is 0.652. The first-order chi connectivity index (χ1) is 5.77. The largest absolute Gasteiger partial charge is 0.300 e. The number of nitrogens with zero attached hydrogens (tertiary/aromatic N) is 3. The summed E-state index contributed by atoms with van der Waals surface area (Å²) in [6.45, 7) is 0. The first-order valence-electron chi connectivity index (χ1n) is 4.13. The number of Topliss-reactive ketones (excluding diaryl/α,β-unsaturated/α-hetero) is 1. The molecule has 0 aliphatic heterocycles. The van der Waals surface area contributed by atoms with Crippen molar-refractivity contribution in [2.45, 2.75) is 25.2 Å². The van der Waals surface area contributed by atoms with E-state index in [1.54, 1.807) is 10.9 Å². The molecule has 0 saturated heterocycles. The maximum Gasteiger partial charge on any atom is 0.133 e. The van der Waals surface area contributed by atoms with Gasteiger partial charge in [0.05, 0.1) is 11.9 Å². The molecule has 0 aromatic carbocycles. The van der Waals surface area contributed by atoms with Gasteiger partial charge in [0.2, 0.25) is 0 Å². The van der Waals surface area contributed by atoms with E-state index in [1.807, 2.05) is 7.05 Å². The predicted molar refractivity (Wildman–Crippen MR) is 42.6 cm³/mol. The second-order valence-corrected chi connectivity index (χ2v) is 3.26. The molecule has 0 amide bonds. The van der Waals surface area contributed by atoms with E-state index >= 15 is 0 Å². The molecule has 0 spiro atoms. The number of carbonyl (C=O) groups is 1. The zero-order chi connectivity index (χ0) is 8.55. The Morgan fingerprint density at radius 1 is 1.67 bits per heavy atom. The van der Waals surface area contributed by atoms with Crippen molar-refractivity contribution in [1.82, 2.24) is 15.0 Å². The lowest BCUT2D eigenvalue weighted by Crippen LogP contribution is -2.02. The minimum absolute atomic E-state index is 0.359. The minimum atomic E-state index is 0.359. The van der Waals surface area contributed by atoms with Crippen LogP contribution in [0, 0.1) is 0 Å². The standard InChI is InChI=1S/C8H11N3O/c1-11-8(5-9-10-11)6-2-3-7(12)4-6/h5-6H,2-4H2,1H3. The molecule has 2 rings (SSSR count). The van der Waals surface area contributed by atoms with E-state index in [-0.39, 0.29) is 0 Å². The van der Waals surface area contributed by atoms with Crippen LogP contribution in [-0.2, 0) is 11.8 Å². The number of aromatic nitrogens is 3. The van der Waals surface area contributed by atoms with E-state index in [1.165, 1.54) is 0 Å². The van der Waals surface area contributed by atoms with Crippen molar-refractivity contribution in [3.05, 3.63) is 11.9 Å². The summed E-state index contributed by atoms with van der Waals surface area (Å²) in [6, 6.07) is 0. The highest BCUT2D eigenvalue weighted by molar-refractivity contribution is 5.81. The highest BCUT2D eigenvalue weighted by Crippen LogP contribution is 2.30. The van der Waals surface area contributed by atoms with Gasteiger partial charge in [-0.05, 0) is 6.42 Å². The minimum Gasteiger partial charge on any atom is -0.300 e. The van der Waals surface area contributed by atoms with E-state index in [4.69, 9.17) is 0 Å². The molecule has 4 heteroatoms. The van der Waals surface area contributed by atoms with Crippen molar-refractivity contribution in [3.63, 3.8) is 0 Å². The van der Waals surface area contributed by atoms with Crippen LogP contribution in [0.25, 0.3) is 0 Å². The van der Waals surface area contributed by atoms with Gasteiger partial charge in [0.1, 0.15) is 5.78 Å². The van der Waals surface area contributed by atoms with Crippen LogP contribution in [0.2, 0.25) is 0 Å². The molecule has 4 nitrogen and oxygen atoms in total. The van der Waals surface area contributed by atoms with E-state index in [9.17, 15) is 4.79 Å². The summed E-state index contributed by atoms with van der Waals surface area (Å²) in [7, 11) is 1.87. The molecular formula is C8H11N3O. The highest BCUT2D eigenvalue weighted by atomic mass is 16.1. The fraction of sp³-hybridized carbons (Fsp3) is 0.625. The zero-order valence-electron chi connectivity index (χ0n) is 7.03. The molecule has 64 valence electrons. The normalized spacial score (nSPS) is 23.4. The number of carbonyl (C=O) groups excluding carboxylic acids is 1. The number of ketones is 1. The number of aryl methyl sites for hydroxylation is 1. The van der Waals surface area contributed by atoms with Crippen LogP contribution in [0.4, 0.5) is 0 Å². The molecule has 1 fully saturated rings. The molecule has 1 aromatic heterocycles. The van der Waals surface area contributed by atoms with E-state index in [2.05, 4.69) is 10.3 Å². The zero-order valence-corrected chi connectivity index (χ0v) is 7.03. The average Bonchev–Trinajstić information content (AvgIpc) is 2.58. The molecule has 1 heterocycles. The Morgan fingerprint density at radius 2 is 2.50 bits per heavy atom. The summed E-state index contributed by atoms with van der Waals surface area (Å²) in [6.07, 6.45) is 4.10. The van der Waals surface area contributed by atoms with Gasteiger partial charge in [-0.15, -0.1) is 5.10 Å². The van der Waals surface area contributed by atoms with Crippen molar-refractivity contribution in [2.75, 3.05) is 0 Å². The summed E-state index contributed by atoms with van der Waals surface area (Å²) in [5.74, 6) is 0.721. The van der Waals surface area contributed by atoms with Crippen molar-refractivity contribution in [3.8, 4) is 0 Å². The van der Waals surface area contributed by atoms with Crippen LogP contribution in [-0.4, -0.2) is 20.8 Å². The van der Waals surface area contributed by atoms with Gasteiger partial charge < -0.3 is 0 Å². The second kappa shape index (κ2) is 2.69. The highest BCUT2D eigenvalue weighted by Gasteiger charge is 2.25. The maximum atomic E-state index is 11.0. The molecule has 1 atom stereocenters. The van der Waals surface area contributed by atoms with Gasteiger partial charge in [-0.1, -0.05) is 5.21 Å². The Hall–Kier alpha value is -1.19. The molecule has 0 N–H and O–H groups in total. The smallest absolute Gasteiger partial charge is 0.133 e. The van der Waals surface area contributed by atoms with Crippen LogP contribution in [0.1, 0.15) is 30.9 Å². The number of rotatable bonds is 1. The SMILES string of the molecule is Cn1nncc1C1CCC(=O)C1. The lowest BCUT2D eigenvalue weighted by molar-refractivity contribution is -0.117. The van der Waals surface area contributed by atoms with Crippen LogP contribution in [0.15, 0.2) is 6.20 Å². The van der Waals surface area contributed by atoms with Gasteiger partial charge in [0, 0.05) is 25.8 Å². The van der Waals surface area contributed by atoms with Gasteiger partial charge in [-0.2, -0.15) is 0 Å². The lowest BCUT2D eigenvalue weighted by atomic mass is 10.1. The Balaban J connectivity index is 2.21. The van der Waals surface area contributed by atoms with Crippen LogP contribution in [0.5, 0.6) is 0 Å². The molecule has 1 saturated carbocycles. The monoisotopic (exact) mass is 165 g/mol. The van der Waals surface area contributed by atoms with E-state index in [0.717, 1.165) is 18.5 Å². The van der Waals surface area contributed by atoms with E-state index in [0.29, 0.717) is 18.1 Å². The molecule has 1 aliphatic carbocycles. The Labute approximate surface area is 70.6 Å².